The number of aliphatic hydroxyl groups excluding tert-OH is 1. The van der Waals surface area contributed by atoms with Gasteiger partial charge in [0.1, 0.15) is 23.8 Å². The zero-order valence-electron chi connectivity index (χ0n) is 21.6. The summed E-state index contributed by atoms with van der Waals surface area (Å²) in [5.74, 6) is -2.28. The molecule has 2 saturated heterocycles. The van der Waals surface area contributed by atoms with Gasteiger partial charge >= 0.3 is 0 Å². The highest BCUT2D eigenvalue weighted by Gasteiger charge is 2.74. The number of amides is 3. The van der Waals surface area contributed by atoms with E-state index < -0.39 is 29.1 Å². The molecule has 4 aliphatic heterocycles. The molecule has 0 bridgehead atoms. The third-order valence-corrected chi connectivity index (χ3v) is 8.37. The summed E-state index contributed by atoms with van der Waals surface area (Å²) < 4.78 is 8.44. The van der Waals surface area contributed by atoms with Crippen molar-refractivity contribution >= 4 is 28.8 Å². The molecule has 0 saturated carbocycles. The highest BCUT2D eigenvalue weighted by molar-refractivity contribution is 6.00. The predicted octanol–water partition coefficient (Wildman–Crippen LogP) is 0.559. The van der Waals surface area contributed by atoms with Crippen molar-refractivity contribution in [3.8, 4) is 0 Å². The Morgan fingerprint density at radius 1 is 1.03 bits per heavy atom. The summed E-state index contributed by atoms with van der Waals surface area (Å²) in [6.45, 7) is 3.00. The summed E-state index contributed by atoms with van der Waals surface area (Å²) in [6, 6.07) is 6.59. The number of fused-ring (bicyclic) bond motifs is 3. The van der Waals surface area contributed by atoms with Crippen molar-refractivity contribution in [2.24, 2.45) is 11.8 Å². The molecule has 4 aliphatic rings. The second kappa shape index (κ2) is 9.02. The number of rotatable bonds is 6. The summed E-state index contributed by atoms with van der Waals surface area (Å²) in [5, 5.41) is 17.8. The lowest BCUT2D eigenvalue weighted by Gasteiger charge is -2.37. The molecule has 2 fully saturated rings. The summed E-state index contributed by atoms with van der Waals surface area (Å²) in [7, 11) is 1.72. The number of nitrogens with zero attached hydrogens (tertiary/aromatic N) is 6. The number of likely N-dealkylation sites (N-methyl/N-ethyl adjacent to an activating group) is 1. The molecule has 3 amide bonds. The van der Waals surface area contributed by atoms with Crippen LogP contribution in [0.1, 0.15) is 19.8 Å². The number of hydrogen-bond acceptors (Lipinski definition) is 7. The monoisotopic (exact) mass is 520 g/mol. The Labute approximate surface area is 220 Å². The van der Waals surface area contributed by atoms with Crippen LogP contribution in [-0.2, 0) is 25.8 Å². The molecule has 1 aromatic heterocycles. The van der Waals surface area contributed by atoms with Gasteiger partial charge in [-0.25, -0.2) is 4.68 Å². The Balaban J connectivity index is 1.41. The number of aliphatic hydroxyl groups is 1. The van der Waals surface area contributed by atoms with Crippen molar-refractivity contribution in [3.05, 3.63) is 48.6 Å². The van der Waals surface area contributed by atoms with Gasteiger partial charge in [0.15, 0.2) is 0 Å². The van der Waals surface area contributed by atoms with Gasteiger partial charge in [-0.15, -0.1) is 5.10 Å². The van der Waals surface area contributed by atoms with Crippen LogP contribution in [0.3, 0.4) is 0 Å². The molecule has 1 N–H and O–H groups in total. The van der Waals surface area contributed by atoms with Crippen LogP contribution >= 0.6 is 0 Å². The first-order valence-corrected chi connectivity index (χ1v) is 13.1. The van der Waals surface area contributed by atoms with Crippen LogP contribution < -0.4 is 0 Å². The molecule has 2 aromatic rings. The van der Waals surface area contributed by atoms with E-state index in [0.717, 1.165) is 11.0 Å². The predicted molar refractivity (Wildman–Crippen MR) is 136 cm³/mol. The number of para-hydroxylation sites is 1. The SMILES string of the molecule is CN1CC=C[C@@]2(C)O[C@]34C=CCN(Cn5nnc6ccccc65)C(=O)C3N(CCCCO)C(=O)[C@@H]4[C@H]2C1=O. The first-order chi connectivity index (χ1) is 18.3. The van der Waals surface area contributed by atoms with E-state index in [1.54, 1.807) is 26.4 Å². The van der Waals surface area contributed by atoms with Gasteiger partial charge in [0, 0.05) is 33.3 Å². The van der Waals surface area contributed by atoms with Gasteiger partial charge in [0.05, 0.1) is 23.0 Å². The van der Waals surface area contributed by atoms with Gasteiger partial charge in [-0.05, 0) is 31.9 Å². The zero-order valence-corrected chi connectivity index (χ0v) is 21.6. The second-order valence-corrected chi connectivity index (χ2v) is 10.8. The Morgan fingerprint density at radius 2 is 1.82 bits per heavy atom. The quantitative estimate of drug-likeness (QED) is 0.436. The molecule has 5 atom stereocenters. The number of carbonyl (C=O) groups is 3. The van der Waals surface area contributed by atoms with Gasteiger partial charge in [-0.2, -0.15) is 0 Å². The molecule has 1 aromatic carbocycles. The molecular formula is C27H32N6O5. The van der Waals surface area contributed by atoms with Crippen molar-refractivity contribution in [3.63, 3.8) is 0 Å². The van der Waals surface area contributed by atoms with E-state index in [4.69, 9.17) is 4.74 Å². The molecule has 38 heavy (non-hydrogen) atoms. The number of benzene rings is 1. The lowest BCUT2D eigenvalue weighted by atomic mass is 9.74. The molecule has 6 rings (SSSR count). The maximum Gasteiger partial charge on any atom is 0.250 e. The van der Waals surface area contributed by atoms with Crippen LogP contribution in [-0.4, -0.2) is 103 Å². The van der Waals surface area contributed by atoms with Crippen LogP contribution in [0.4, 0.5) is 0 Å². The van der Waals surface area contributed by atoms with E-state index in [-0.39, 0.29) is 37.5 Å². The minimum atomic E-state index is -1.29. The maximum absolute atomic E-state index is 14.3. The van der Waals surface area contributed by atoms with Crippen molar-refractivity contribution in [2.75, 3.05) is 33.3 Å². The fourth-order valence-corrected chi connectivity index (χ4v) is 6.63. The van der Waals surface area contributed by atoms with Crippen LogP contribution in [0, 0.1) is 11.8 Å². The highest BCUT2D eigenvalue weighted by Crippen LogP contribution is 2.57. The van der Waals surface area contributed by atoms with E-state index in [1.807, 2.05) is 55.5 Å². The Kier molecular flexibility index (Phi) is 5.88. The fraction of sp³-hybridized carbons (Fsp3) is 0.519. The second-order valence-electron chi connectivity index (χ2n) is 10.8. The molecule has 5 heterocycles. The maximum atomic E-state index is 14.3. The first kappa shape index (κ1) is 24.7. The third kappa shape index (κ3) is 3.52. The van der Waals surface area contributed by atoms with Crippen molar-refractivity contribution in [1.82, 2.24) is 29.7 Å². The van der Waals surface area contributed by atoms with Gasteiger partial charge < -0.3 is 24.5 Å². The number of unbranched alkanes of at least 4 members (excludes halogenated alkanes) is 1. The summed E-state index contributed by atoms with van der Waals surface area (Å²) in [5.41, 5.74) is -0.789. The van der Waals surface area contributed by atoms with Crippen LogP contribution in [0.15, 0.2) is 48.6 Å². The van der Waals surface area contributed by atoms with E-state index in [0.29, 0.717) is 25.9 Å². The minimum absolute atomic E-state index is 0.00805. The Hall–Kier alpha value is -3.57. The van der Waals surface area contributed by atoms with Crippen molar-refractivity contribution in [2.45, 2.75) is 43.7 Å². The summed E-state index contributed by atoms with van der Waals surface area (Å²) >= 11 is 0. The van der Waals surface area contributed by atoms with Gasteiger partial charge in [0.2, 0.25) is 11.8 Å². The number of ether oxygens (including phenoxy) is 1. The largest absolute Gasteiger partial charge is 0.396 e. The average Bonchev–Trinajstić information content (AvgIpc) is 3.43. The van der Waals surface area contributed by atoms with E-state index in [9.17, 15) is 19.5 Å². The third-order valence-electron chi connectivity index (χ3n) is 8.37. The number of likely N-dealkylation sites (tertiary alicyclic amines) is 1. The van der Waals surface area contributed by atoms with Gasteiger partial charge in [0.25, 0.3) is 5.91 Å². The molecule has 200 valence electrons. The van der Waals surface area contributed by atoms with Crippen LogP contribution in [0.5, 0.6) is 0 Å². The van der Waals surface area contributed by atoms with Crippen LogP contribution in [0.25, 0.3) is 11.0 Å². The van der Waals surface area contributed by atoms with E-state index in [2.05, 4.69) is 10.3 Å². The standard InChI is InChI=1S/C27H32N6O5/c1-26-11-7-13-30(2)23(35)20(26)21-24(36)32(15-5-6-16-34)22-25(37)31(14-8-12-27(21,22)38-26)17-33-19-10-4-3-9-18(19)28-29-33/h3-4,7-12,20-22,34H,5-6,13-17H2,1-2H3/t20-,21-,22?,26+,27-/m0/s1. The molecule has 1 spiro atoms. The van der Waals surface area contributed by atoms with Crippen molar-refractivity contribution in [1.29, 1.82) is 0 Å². The number of aromatic nitrogens is 3. The van der Waals surface area contributed by atoms with E-state index in [1.165, 1.54) is 0 Å². The number of hydrogen-bond donors (Lipinski definition) is 1. The smallest absolute Gasteiger partial charge is 0.250 e. The zero-order chi connectivity index (χ0) is 26.7. The molecule has 0 aliphatic carbocycles. The average molecular weight is 521 g/mol. The first-order valence-electron chi connectivity index (χ1n) is 13.1. The summed E-state index contributed by atoms with van der Waals surface area (Å²) in [4.78, 5) is 46.9. The molecule has 11 heteroatoms. The summed E-state index contributed by atoms with van der Waals surface area (Å²) in [6.07, 6.45) is 8.49. The lowest BCUT2D eigenvalue weighted by Crippen LogP contribution is -2.56. The van der Waals surface area contributed by atoms with Gasteiger partial charge in [-0.1, -0.05) is 41.7 Å². The molecule has 11 nitrogen and oxygen atoms in total. The highest BCUT2D eigenvalue weighted by atomic mass is 16.5. The minimum Gasteiger partial charge on any atom is -0.396 e. The topological polar surface area (TPSA) is 121 Å². The molecular weight excluding hydrogens is 488 g/mol. The number of carbonyl (C=O) groups excluding carboxylic acids is 3. The van der Waals surface area contributed by atoms with Crippen molar-refractivity contribution < 1.29 is 24.2 Å². The Morgan fingerprint density at radius 3 is 2.63 bits per heavy atom. The van der Waals surface area contributed by atoms with Crippen LogP contribution in [0.2, 0.25) is 0 Å². The van der Waals surface area contributed by atoms with E-state index >= 15 is 0 Å². The Bertz CT molecular complexity index is 1350. The molecule has 0 radical (unpaired) electrons. The van der Waals surface area contributed by atoms with Gasteiger partial charge in [-0.3, -0.25) is 14.4 Å². The molecule has 1 unspecified atom stereocenters. The normalized spacial score (nSPS) is 32.6. The fourth-order valence-electron chi connectivity index (χ4n) is 6.63. The lowest BCUT2D eigenvalue weighted by molar-refractivity contribution is -0.153.